The van der Waals surface area contributed by atoms with Crippen LogP contribution >= 0.6 is 35.0 Å². The molecule has 1 atom stereocenters. The lowest BCUT2D eigenvalue weighted by molar-refractivity contribution is -0.126. The highest BCUT2D eigenvalue weighted by molar-refractivity contribution is 7.98. The summed E-state index contributed by atoms with van der Waals surface area (Å²) in [5.74, 6) is 1.02. The van der Waals surface area contributed by atoms with E-state index >= 15 is 0 Å². The number of hydrogen-bond acceptors (Lipinski definition) is 5. The molecule has 0 saturated heterocycles. The Hall–Kier alpha value is -2.84. The first-order valence-electron chi connectivity index (χ1n) is 11.4. The minimum absolute atomic E-state index is 0.0654. The van der Waals surface area contributed by atoms with Crippen molar-refractivity contribution < 1.29 is 9.53 Å². The molecular formula is C27H26Cl2N4O2S. The summed E-state index contributed by atoms with van der Waals surface area (Å²) < 4.78 is 7.44. The van der Waals surface area contributed by atoms with E-state index in [1.165, 1.54) is 11.1 Å². The maximum atomic E-state index is 12.6. The normalized spacial score (nSPS) is 11.9. The number of hydrogen-bond donors (Lipinski definition) is 1. The van der Waals surface area contributed by atoms with Gasteiger partial charge in [0, 0.05) is 10.8 Å². The molecule has 0 aliphatic carbocycles. The SMILES string of the molecule is Cc1cccc(CSc2nnc(C(C)NC(=O)COCc3ccccc3)n2-c2ccc(Cl)cc2Cl)c1. The number of rotatable bonds is 10. The summed E-state index contributed by atoms with van der Waals surface area (Å²) in [6.45, 7) is 4.22. The predicted molar refractivity (Wildman–Crippen MR) is 145 cm³/mol. The first-order chi connectivity index (χ1) is 17.4. The third-order valence-corrected chi connectivity index (χ3v) is 6.91. The number of carbonyl (C=O) groups excluding carboxylic acids is 1. The molecule has 4 aromatic rings. The van der Waals surface area contributed by atoms with E-state index in [4.69, 9.17) is 27.9 Å². The molecule has 0 bridgehead atoms. The van der Waals surface area contributed by atoms with Crippen LogP contribution in [0.3, 0.4) is 0 Å². The van der Waals surface area contributed by atoms with Gasteiger partial charge in [-0.05, 0) is 43.2 Å². The molecule has 1 amide bonds. The van der Waals surface area contributed by atoms with Gasteiger partial charge in [-0.25, -0.2) is 0 Å². The van der Waals surface area contributed by atoms with Crippen molar-refractivity contribution in [2.75, 3.05) is 6.61 Å². The Balaban J connectivity index is 1.51. The fourth-order valence-electron chi connectivity index (χ4n) is 3.68. The molecule has 0 fully saturated rings. The lowest BCUT2D eigenvalue weighted by Crippen LogP contribution is -2.31. The van der Waals surface area contributed by atoms with Gasteiger partial charge < -0.3 is 10.1 Å². The molecule has 0 aliphatic rings. The first-order valence-corrected chi connectivity index (χ1v) is 13.1. The number of nitrogens with zero attached hydrogens (tertiary/aromatic N) is 3. The smallest absolute Gasteiger partial charge is 0.246 e. The highest BCUT2D eigenvalue weighted by Gasteiger charge is 2.22. The van der Waals surface area contributed by atoms with Crippen molar-refractivity contribution in [1.82, 2.24) is 20.1 Å². The summed E-state index contributed by atoms with van der Waals surface area (Å²) >= 11 is 14.2. The van der Waals surface area contributed by atoms with Crippen molar-refractivity contribution in [2.24, 2.45) is 0 Å². The molecule has 1 aromatic heterocycles. The van der Waals surface area contributed by atoms with Gasteiger partial charge in [0.2, 0.25) is 5.91 Å². The third kappa shape index (κ3) is 6.89. The monoisotopic (exact) mass is 540 g/mol. The van der Waals surface area contributed by atoms with Gasteiger partial charge in [0.25, 0.3) is 0 Å². The van der Waals surface area contributed by atoms with Crippen molar-refractivity contribution in [3.05, 3.63) is 105 Å². The zero-order chi connectivity index (χ0) is 25.5. The van der Waals surface area contributed by atoms with Crippen LogP contribution in [0.4, 0.5) is 0 Å². The second kappa shape index (κ2) is 12.4. The Morgan fingerprint density at radius 2 is 1.81 bits per heavy atom. The maximum absolute atomic E-state index is 12.6. The lowest BCUT2D eigenvalue weighted by atomic mass is 10.2. The average Bonchev–Trinajstić information content (AvgIpc) is 3.27. The predicted octanol–water partition coefficient (Wildman–Crippen LogP) is 6.57. The quantitative estimate of drug-likeness (QED) is 0.230. The number of carbonyl (C=O) groups is 1. The minimum atomic E-state index is -0.439. The van der Waals surface area contributed by atoms with Crippen LogP contribution in [0.25, 0.3) is 5.69 Å². The van der Waals surface area contributed by atoms with Crippen LogP contribution < -0.4 is 5.32 Å². The standard InChI is InChI=1S/C27H26Cl2N4O2S/c1-18-7-6-10-21(13-18)17-36-27-32-31-26(33(27)24-12-11-22(28)14-23(24)29)19(2)30-25(34)16-35-15-20-8-4-3-5-9-20/h3-14,19H,15-17H2,1-2H3,(H,30,34). The number of nitrogens with one attached hydrogen (secondary N) is 1. The topological polar surface area (TPSA) is 69.0 Å². The number of ether oxygens (including phenoxy) is 1. The maximum Gasteiger partial charge on any atom is 0.246 e. The third-order valence-electron chi connectivity index (χ3n) is 5.37. The molecule has 1 N–H and O–H groups in total. The van der Waals surface area contributed by atoms with Crippen molar-refractivity contribution in [2.45, 2.75) is 37.4 Å². The van der Waals surface area contributed by atoms with Gasteiger partial charge in [0.05, 0.1) is 23.4 Å². The van der Waals surface area contributed by atoms with Crippen molar-refractivity contribution in [3.63, 3.8) is 0 Å². The molecule has 0 saturated carbocycles. The van der Waals surface area contributed by atoms with Crippen LogP contribution in [0, 0.1) is 6.92 Å². The molecule has 9 heteroatoms. The van der Waals surface area contributed by atoms with Gasteiger partial charge in [-0.3, -0.25) is 9.36 Å². The molecular weight excluding hydrogens is 515 g/mol. The van der Waals surface area contributed by atoms with E-state index in [9.17, 15) is 4.79 Å². The number of thioether (sulfide) groups is 1. The molecule has 1 heterocycles. The Morgan fingerprint density at radius 3 is 2.56 bits per heavy atom. The first kappa shape index (κ1) is 26.2. The number of amides is 1. The van der Waals surface area contributed by atoms with Crippen LogP contribution in [0.2, 0.25) is 10.0 Å². The number of aromatic nitrogens is 3. The summed E-state index contributed by atoms with van der Waals surface area (Å²) in [7, 11) is 0. The van der Waals surface area contributed by atoms with Crippen LogP contribution in [0.5, 0.6) is 0 Å². The van der Waals surface area contributed by atoms with E-state index in [-0.39, 0.29) is 12.5 Å². The molecule has 186 valence electrons. The van der Waals surface area contributed by atoms with Crippen molar-refractivity contribution in [3.8, 4) is 5.69 Å². The largest absolute Gasteiger partial charge is 0.367 e. The van der Waals surface area contributed by atoms with Gasteiger partial charge in [-0.15, -0.1) is 10.2 Å². The zero-order valence-electron chi connectivity index (χ0n) is 19.9. The van der Waals surface area contributed by atoms with Gasteiger partial charge in [0.1, 0.15) is 6.61 Å². The molecule has 0 spiro atoms. The fraction of sp³-hybridized carbons (Fsp3) is 0.222. The van der Waals surface area contributed by atoms with Gasteiger partial charge in [0.15, 0.2) is 11.0 Å². The minimum Gasteiger partial charge on any atom is -0.367 e. The summed E-state index contributed by atoms with van der Waals surface area (Å²) in [5.41, 5.74) is 4.07. The van der Waals surface area contributed by atoms with Crippen LogP contribution in [0.15, 0.2) is 78.0 Å². The van der Waals surface area contributed by atoms with E-state index in [1.54, 1.807) is 23.9 Å². The van der Waals surface area contributed by atoms with Crippen LogP contribution in [-0.4, -0.2) is 27.3 Å². The van der Waals surface area contributed by atoms with E-state index in [0.29, 0.717) is 39.1 Å². The molecule has 36 heavy (non-hydrogen) atoms. The highest BCUT2D eigenvalue weighted by atomic mass is 35.5. The summed E-state index contributed by atoms with van der Waals surface area (Å²) in [5, 5.41) is 13.4. The Bertz CT molecular complexity index is 1330. The van der Waals surface area contributed by atoms with Gasteiger partial charge in [-0.1, -0.05) is 95.1 Å². The van der Waals surface area contributed by atoms with E-state index in [0.717, 1.165) is 5.56 Å². The van der Waals surface area contributed by atoms with E-state index < -0.39 is 6.04 Å². The summed E-state index contributed by atoms with van der Waals surface area (Å²) in [4.78, 5) is 12.6. The lowest BCUT2D eigenvalue weighted by Gasteiger charge is -2.17. The van der Waals surface area contributed by atoms with Crippen LogP contribution in [0.1, 0.15) is 35.5 Å². The highest BCUT2D eigenvalue weighted by Crippen LogP contribution is 2.32. The second-order valence-electron chi connectivity index (χ2n) is 8.32. The van der Waals surface area contributed by atoms with E-state index in [2.05, 4.69) is 40.6 Å². The Labute approximate surface area is 225 Å². The molecule has 4 rings (SSSR count). The Kier molecular flexibility index (Phi) is 9.04. The number of benzene rings is 3. The van der Waals surface area contributed by atoms with Gasteiger partial charge in [-0.2, -0.15) is 0 Å². The molecule has 1 unspecified atom stereocenters. The van der Waals surface area contributed by atoms with E-state index in [1.807, 2.05) is 54.0 Å². The summed E-state index contributed by atoms with van der Waals surface area (Å²) in [6.07, 6.45) is 0. The zero-order valence-corrected chi connectivity index (χ0v) is 22.3. The molecule has 0 radical (unpaired) electrons. The number of halogens is 2. The molecule has 3 aromatic carbocycles. The second-order valence-corrected chi connectivity index (χ2v) is 10.1. The Morgan fingerprint density at radius 1 is 1.03 bits per heavy atom. The van der Waals surface area contributed by atoms with Crippen LogP contribution in [-0.2, 0) is 21.9 Å². The average molecular weight is 542 g/mol. The molecule has 6 nitrogen and oxygen atoms in total. The van der Waals surface area contributed by atoms with Crippen molar-refractivity contribution in [1.29, 1.82) is 0 Å². The summed E-state index contributed by atoms with van der Waals surface area (Å²) in [6, 6.07) is 22.9. The van der Waals surface area contributed by atoms with Gasteiger partial charge >= 0.3 is 0 Å². The fourth-order valence-corrected chi connectivity index (χ4v) is 5.07. The van der Waals surface area contributed by atoms with Crippen molar-refractivity contribution >= 4 is 40.9 Å². The number of aryl methyl sites for hydroxylation is 1. The molecule has 0 aliphatic heterocycles.